The number of hydrogen-bond donors (Lipinski definition) is 2. The molecule has 0 spiro atoms. The van der Waals surface area contributed by atoms with Gasteiger partial charge in [0, 0.05) is 17.1 Å². The van der Waals surface area contributed by atoms with Crippen LogP contribution in [0.25, 0.3) is 10.9 Å². The lowest BCUT2D eigenvalue weighted by Crippen LogP contribution is -2.13. The van der Waals surface area contributed by atoms with E-state index < -0.39 is 5.91 Å². The molecule has 0 bridgehead atoms. The quantitative estimate of drug-likeness (QED) is 0.758. The van der Waals surface area contributed by atoms with Crippen LogP contribution in [0, 0.1) is 5.82 Å². The van der Waals surface area contributed by atoms with Gasteiger partial charge in [-0.3, -0.25) is 4.79 Å². The summed E-state index contributed by atoms with van der Waals surface area (Å²) in [4.78, 5) is 14.4. The van der Waals surface area contributed by atoms with Crippen LogP contribution in [0.4, 0.5) is 4.39 Å². The van der Waals surface area contributed by atoms with Crippen LogP contribution < -0.4 is 5.73 Å². The van der Waals surface area contributed by atoms with Crippen LogP contribution in [0.2, 0.25) is 0 Å². The molecule has 0 aliphatic carbocycles. The number of nitrogens with two attached hydrogens (primary N) is 1. The SMILES string of the molecule is NC(=O)c1ccccc1CCc1c[nH]c2c(F)cccc12. The molecule has 3 nitrogen and oxygen atoms in total. The number of carbonyl (C=O) groups excluding carboxylic acids is 1. The van der Waals surface area contributed by atoms with Crippen molar-refractivity contribution in [3.63, 3.8) is 0 Å². The van der Waals surface area contributed by atoms with E-state index in [9.17, 15) is 9.18 Å². The molecule has 106 valence electrons. The molecule has 0 saturated heterocycles. The number of nitrogens with one attached hydrogen (secondary N) is 1. The van der Waals surface area contributed by atoms with E-state index in [1.165, 1.54) is 6.07 Å². The molecule has 1 amide bonds. The molecule has 0 atom stereocenters. The Bertz CT molecular complexity index is 807. The normalized spacial score (nSPS) is 10.9. The number of amides is 1. The fraction of sp³-hybridized carbons (Fsp3) is 0.118. The second-order valence-corrected chi connectivity index (χ2v) is 5.00. The van der Waals surface area contributed by atoms with Crippen molar-refractivity contribution in [2.24, 2.45) is 5.73 Å². The Balaban J connectivity index is 1.88. The number of halogens is 1. The monoisotopic (exact) mass is 282 g/mol. The van der Waals surface area contributed by atoms with Crippen molar-refractivity contribution in [1.29, 1.82) is 0 Å². The number of primary amides is 1. The Labute approximate surface area is 121 Å². The summed E-state index contributed by atoms with van der Waals surface area (Å²) in [7, 11) is 0. The molecule has 1 aromatic heterocycles. The van der Waals surface area contributed by atoms with Crippen LogP contribution in [0.1, 0.15) is 21.5 Å². The van der Waals surface area contributed by atoms with E-state index in [-0.39, 0.29) is 5.82 Å². The number of rotatable bonds is 4. The zero-order valence-electron chi connectivity index (χ0n) is 11.4. The smallest absolute Gasteiger partial charge is 0.248 e. The first kappa shape index (κ1) is 13.4. The Morgan fingerprint density at radius 1 is 1.05 bits per heavy atom. The second kappa shape index (κ2) is 5.40. The van der Waals surface area contributed by atoms with E-state index in [0.29, 0.717) is 23.9 Å². The van der Waals surface area contributed by atoms with Gasteiger partial charge in [-0.25, -0.2) is 4.39 Å². The lowest BCUT2D eigenvalue weighted by Gasteiger charge is -2.06. The summed E-state index contributed by atoms with van der Waals surface area (Å²) in [5.74, 6) is -0.674. The average molecular weight is 282 g/mol. The van der Waals surface area contributed by atoms with Gasteiger partial charge in [-0.05, 0) is 36.1 Å². The van der Waals surface area contributed by atoms with E-state index in [2.05, 4.69) is 4.98 Å². The van der Waals surface area contributed by atoms with E-state index in [0.717, 1.165) is 16.5 Å². The molecule has 21 heavy (non-hydrogen) atoms. The first-order valence-corrected chi connectivity index (χ1v) is 6.79. The largest absolute Gasteiger partial charge is 0.366 e. The minimum Gasteiger partial charge on any atom is -0.366 e. The summed E-state index contributed by atoms with van der Waals surface area (Å²) in [6.07, 6.45) is 3.22. The molecule has 0 fully saturated rings. The molecule has 0 unspecified atom stereocenters. The van der Waals surface area contributed by atoms with Crippen LogP contribution in [-0.4, -0.2) is 10.9 Å². The molecule has 3 aromatic rings. The first-order valence-electron chi connectivity index (χ1n) is 6.79. The van der Waals surface area contributed by atoms with E-state index in [4.69, 9.17) is 5.73 Å². The second-order valence-electron chi connectivity index (χ2n) is 5.00. The van der Waals surface area contributed by atoms with Crippen LogP contribution in [0.3, 0.4) is 0 Å². The minimum atomic E-state index is -0.421. The molecular formula is C17H15FN2O. The summed E-state index contributed by atoms with van der Waals surface area (Å²) < 4.78 is 13.6. The van der Waals surface area contributed by atoms with Gasteiger partial charge in [-0.2, -0.15) is 0 Å². The van der Waals surface area contributed by atoms with Crippen molar-refractivity contribution in [3.8, 4) is 0 Å². The Kier molecular flexibility index (Phi) is 3.44. The van der Waals surface area contributed by atoms with Crippen LogP contribution in [0.5, 0.6) is 0 Å². The Hall–Kier alpha value is -2.62. The van der Waals surface area contributed by atoms with Crippen molar-refractivity contribution in [2.75, 3.05) is 0 Å². The summed E-state index contributed by atoms with van der Waals surface area (Å²) in [6, 6.07) is 12.3. The highest BCUT2D eigenvalue weighted by atomic mass is 19.1. The maximum atomic E-state index is 13.6. The number of carbonyl (C=O) groups is 1. The van der Waals surface area contributed by atoms with Crippen molar-refractivity contribution in [3.05, 3.63) is 71.2 Å². The summed E-state index contributed by atoms with van der Waals surface area (Å²) >= 11 is 0. The van der Waals surface area contributed by atoms with E-state index in [1.54, 1.807) is 18.2 Å². The van der Waals surface area contributed by atoms with Gasteiger partial charge in [-0.15, -0.1) is 0 Å². The highest BCUT2D eigenvalue weighted by Gasteiger charge is 2.10. The summed E-state index contributed by atoms with van der Waals surface area (Å²) in [6.45, 7) is 0. The summed E-state index contributed by atoms with van der Waals surface area (Å²) in [5, 5.41) is 0.881. The maximum absolute atomic E-state index is 13.6. The van der Waals surface area contributed by atoms with Gasteiger partial charge in [0.2, 0.25) is 5.91 Å². The Morgan fingerprint density at radius 2 is 1.81 bits per heavy atom. The van der Waals surface area contributed by atoms with Crippen LogP contribution in [0.15, 0.2) is 48.7 Å². The van der Waals surface area contributed by atoms with Gasteiger partial charge in [0.1, 0.15) is 5.82 Å². The number of fused-ring (bicyclic) bond motifs is 1. The fourth-order valence-corrected chi connectivity index (χ4v) is 2.63. The third-order valence-electron chi connectivity index (χ3n) is 3.70. The molecule has 4 heteroatoms. The average Bonchev–Trinajstić information content (AvgIpc) is 2.90. The number of aromatic nitrogens is 1. The zero-order valence-corrected chi connectivity index (χ0v) is 11.4. The molecule has 0 radical (unpaired) electrons. The number of H-pyrrole nitrogens is 1. The Morgan fingerprint density at radius 3 is 2.62 bits per heavy atom. The molecule has 3 rings (SSSR count). The van der Waals surface area contributed by atoms with Crippen molar-refractivity contribution >= 4 is 16.8 Å². The van der Waals surface area contributed by atoms with Gasteiger partial charge in [0.25, 0.3) is 0 Å². The number of aryl methyl sites for hydroxylation is 2. The molecular weight excluding hydrogens is 267 g/mol. The lowest BCUT2D eigenvalue weighted by atomic mass is 9.99. The standard InChI is InChI=1S/C17H15FN2O/c18-15-7-3-6-13-12(10-20-16(13)15)9-8-11-4-1-2-5-14(11)17(19)21/h1-7,10,20H,8-9H2,(H2,19,21). The maximum Gasteiger partial charge on any atom is 0.248 e. The number of para-hydroxylation sites is 1. The molecule has 0 aliphatic rings. The van der Waals surface area contributed by atoms with Gasteiger partial charge < -0.3 is 10.7 Å². The van der Waals surface area contributed by atoms with Crippen molar-refractivity contribution < 1.29 is 9.18 Å². The molecule has 1 heterocycles. The molecule has 3 N–H and O–H groups in total. The van der Waals surface area contributed by atoms with E-state index in [1.807, 2.05) is 24.4 Å². The molecule has 2 aromatic carbocycles. The van der Waals surface area contributed by atoms with Gasteiger partial charge in [-0.1, -0.05) is 30.3 Å². The van der Waals surface area contributed by atoms with Gasteiger partial charge in [0.15, 0.2) is 0 Å². The third-order valence-corrected chi connectivity index (χ3v) is 3.70. The lowest BCUT2D eigenvalue weighted by molar-refractivity contribution is 0.0999. The number of aromatic amines is 1. The number of benzene rings is 2. The highest BCUT2D eigenvalue weighted by molar-refractivity contribution is 5.94. The van der Waals surface area contributed by atoms with Crippen molar-refractivity contribution in [1.82, 2.24) is 4.98 Å². The first-order chi connectivity index (χ1) is 10.2. The molecule has 0 saturated carbocycles. The van der Waals surface area contributed by atoms with Gasteiger partial charge >= 0.3 is 0 Å². The molecule has 0 aliphatic heterocycles. The number of hydrogen-bond acceptors (Lipinski definition) is 1. The predicted molar refractivity (Wildman–Crippen MR) is 80.6 cm³/mol. The fourth-order valence-electron chi connectivity index (χ4n) is 2.63. The predicted octanol–water partition coefficient (Wildman–Crippen LogP) is 3.19. The van der Waals surface area contributed by atoms with Crippen LogP contribution >= 0.6 is 0 Å². The minimum absolute atomic E-state index is 0.253. The van der Waals surface area contributed by atoms with E-state index >= 15 is 0 Å². The van der Waals surface area contributed by atoms with Crippen molar-refractivity contribution in [2.45, 2.75) is 12.8 Å². The van der Waals surface area contributed by atoms with Gasteiger partial charge in [0.05, 0.1) is 5.52 Å². The zero-order chi connectivity index (χ0) is 14.8. The summed E-state index contributed by atoms with van der Waals surface area (Å²) in [5.41, 5.74) is 8.39. The topological polar surface area (TPSA) is 58.9 Å². The third kappa shape index (κ3) is 2.52. The van der Waals surface area contributed by atoms with Crippen LogP contribution in [-0.2, 0) is 12.8 Å². The highest BCUT2D eigenvalue weighted by Crippen LogP contribution is 2.22.